The van der Waals surface area contributed by atoms with Crippen molar-refractivity contribution in [2.24, 2.45) is 0 Å². The maximum Gasteiger partial charge on any atom is 0.337 e. The molecule has 0 saturated heterocycles. The molecule has 0 aromatic heterocycles. The van der Waals surface area contributed by atoms with E-state index >= 15 is 0 Å². The molecule has 0 spiro atoms. The molecule has 4 heteroatoms. The van der Waals surface area contributed by atoms with Crippen molar-refractivity contribution >= 4 is 5.97 Å². The van der Waals surface area contributed by atoms with Crippen molar-refractivity contribution in [1.29, 1.82) is 0 Å². The van der Waals surface area contributed by atoms with Crippen molar-refractivity contribution in [1.82, 2.24) is 4.90 Å². The van der Waals surface area contributed by atoms with E-state index in [1.807, 2.05) is 12.1 Å². The van der Waals surface area contributed by atoms with Gasteiger partial charge in [-0.25, -0.2) is 4.79 Å². The average molecular weight is 305 g/mol. The zero-order valence-corrected chi connectivity index (χ0v) is 13.9. The molecule has 22 heavy (non-hydrogen) atoms. The second kappa shape index (κ2) is 8.18. The quantitative estimate of drug-likeness (QED) is 0.723. The molecule has 0 aliphatic heterocycles. The summed E-state index contributed by atoms with van der Waals surface area (Å²) in [7, 11) is 1.39. The predicted molar refractivity (Wildman–Crippen MR) is 87.4 cm³/mol. The molecule has 1 fully saturated rings. The summed E-state index contributed by atoms with van der Waals surface area (Å²) >= 11 is 0. The number of rotatable bonds is 7. The predicted octanol–water partition coefficient (Wildman–Crippen LogP) is 3.51. The van der Waals surface area contributed by atoms with Crippen LogP contribution in [0.2, 0.25) is 0 Å². The highest BCUT2D eigenvalue weighted by molar-refractivity contribution is 5.89. The Morgan fingerprint density at radius 2 is 2.05 bits per heavy atom. The summed E-state index contributed by atoms with van der Waals surface area (Å²) in [4.78, 5) is 14.1. The van der Waals surface area contributed by atoms with Crippen molar-refractivity contribution < 1.29 is 14.3 Å². The maximum absolute atomic E-state index is 11.5. The molecule has 2 rings (SSSR count). The Balaban J connectivity index is 1.87. The van der Waals surface area contributed by atoms with Crippen molar-refractivity contribution in [3.63, 3.8) is 0 Å². The summed E-state index contributed by atoms with van der Waals surface area (Å²) in [6.45, 7) is 6.05. The van der Waals surface area contributed by atoms with Gasteiger partial charge in [-0.15, -0.1) is 0 Å². The van der Waals surface area contributed by atoms with Crippen LogP contribution in [0, 0.1) is 0 Å². The standard InChI is InChI=1S/C18H27NO3/c1-14(2)19(16-8-4-5-9-16)11-12-22-17-10-6-7-15(13-17)18(20)21-3/h6-7,10,13-14,16H,4-5,8-9,11-12H2,1-3H3. The monoisotopic (exact) mass is 305 g/mol. The van der Waals surface area contributed by atoms with Gasteiger partial charge in [0.25, 0.3) is 0 Å². The summed E-state index contributed by atoms with van der Waals surface area (Å²) in [6, 6.07) is 8.40. The van der Waals surface area contributed by atoms with Crippen LogP contribution < -0.4 is 4.74 Å². The van der Waals surface area contributed by atoms with Crippen LogP contribution in [0.5, 0.6) is 5.75 Å². The molecule has 1 saturated carbocycles. The molecule has 0 N–H and O–H groups in total. The Hall–Kier alpha value is -1.55. The van der Waals surface area contributed by atoms with Crippen molar-refractivity contribution in [3.8, 4) is 5.75 Å². The molecule has 1 aromatic carbocycles. The fourth-order valence-corrected chi connectivity index (χ4v) is 3.20. The second-order valence-electron chi connectivity index (χ2n) is 6.14. The third kappa shape index (κ3) is 4.47. The fraction of sp³-hybridized carbons (Fsp3) is 0.611. The topological polar surface area (TPSA) is 38.8 Å². The van der Waals surface area contributed by atoms with Gasteiger partial charge in [-0.2, -0.15) is 0 Å². The fourth-order valence-electron chi connectivity index (χ4n) is 3.20. The van der Waals surface area contributed by atoms with Crippen LogP contribution in [-0.2, 0) is 4.74 Å². The second-order valence-corrected chi connectivity index (χ2v) is 6.14. The number of methoxy groups -OCH3 is 1. The van der Waals surface area contributed by atoms with E-state index in [2.05, 4.69) is 18.7 Å². The van der Waals surface area contributed by atoms with E-state index in [9.17, 15) is 4.79 Å². The third-order valence-electron chi connectivity index (χ3n) is 4.33. The van der Waals surface area contributed by atoms with Gasteiger partial charge in [-0.05, 0) is 44.9 Å². The lowest BCUT2D eigenvalue weighted by atomic mass is 10.1. The number of carbonyl (C=O) groups is 1. The summed E-state index contributed by atoms with van der Waals surface area (Å²) in [5.41, 5.74) is 0.525. The Kier molecular flexibility index (Phi) is 6.25. The first kappa shape index (κ1) is 16.8. The zero-order valence-electron chi connectivity index (χ0n) is 13.9. The Morgan fingerprint density at radius 3 is 2.68 bits per heavy atom. The number of nitrogens with zero attached hydrogens (tertiary/aromatic N) is 1. The molecule has 4 nitrogen and oxygen atoms in total. The Labute approximate surface area is 133 Å². The molecule has 0 radical (unpaired) electrons. The molecule has 0 bridgehead atoms. The van der Waals surface area contributed by atoms with Crippen LogP contribution in [0.1, 0.15) is 49.9 Å². The van der Waals surface area contributed by atoms with Crippen LogP contribution in [0.15, 0.2) is 24.3 Å². The number of esters is 1. The molecule has 1 aliphatic carbocycles. The van der Waals surface area contributed by atoms with E-state index in [4.69, 9.17) is 9.47 Å². The molecule has 0 amide bonds. The minimum absolute atomic E-state index is 0.333. The van der Waals surface area contributed by atoms with Crippen molar-refractivity contribution in [3.05, 3.63) is 29.8 Å². The van der Waals surface area contributed by atoms with E-state index in [1.165, 1.54) is 32.8 Å². The lowest BCUT2D eigenvalue weighted by molar-refractivity contribution is 0.0600. The molecule has 1 aliphatic rings. The third-order valence-corrected chi connectivity index (χ3v) is 4.33. The maximum atomic E-state index is 11.5. The summed E-state index contributed by atoms with van der Waals surface area (Å²) in [6.07, 6.45) is 5.29. The van der Waals surface area contributed by atoms with Crippen LogP contribution in [0.4, 0.5) is 0 Å². The molecular formula is C18H27NO3. The van der Waals surface area contributed by atoms with Gasteiger partial charge in [0, 0.05) is 18.6 Å². The van der Waals surface area contributed by atoms with Gasteiger partial charge in [0.1, 0.15) is 12.4 Å². The van der Waals surface area contributed by atoms with Crippen LogP contribution in [0.25, 0.3) is 0 Å². The molecular weight excluding hydrogens is 278 g/mol. The number of hydrogen-bond donors (Lipinski definition) is 0. The van der Waals surface area contributed by atoms with Crippen molar-refractivity contribution in [2.45, 2.75) is 51.6 Å². The molecule has 122 valence electrons. The SMILES string of the molecule is COC(=O)c1cccc(OCCN(C(C)C)C2CCCC2)c1. The van der Waals surface area contributed by atoms with Gasteiger partial charge in [-0.1, -0.05) is 18.9 Å². The molecule has 0 unspecified atom stereocenters. The number of benzene rings is 1. The first-order valence-electron chi connectivity index (χ1n) is 8.18. The first-order valence-corrected chi connectivity index (χ1v) is 8.18. The van der Waals surface area contributed by atoms with Crippen LogP contribution in [-0.4, -0.2) is 43.2 Å². The lowest BCUT2D eigenvalue weighted by Gasteiger charge is -2.32. The summed E-state index contributed by atoms with van der Waals surface area (Å²) in [5, 5.41) is 0. The number of ether oxygens (including phenoxy) is 2. The lowest BCUT2D eigenvalue weighted by Crippen LogP contribution is -2.41. The van der Waals surface area contributed by atoms with E-state index in [-0.39, 0.29) is 5.97 Å². The smallest absolute Gasteiger partial charge is 0.337 e. The minimum Gasteiger partial charge on any atom is -0.492 e. The highest BCUT2D eigenvalue weighted by Crippen LogP contribution is 2.25. The summed E-state index contributed by atoms with van der Waals surface area (Å²) in [5.74, 6) is 0.387. The van der Waals surface area contributed by atoms with Crippen LogP contribution in [0.3, 0.4) is 0 Å². The largest absolute Gasteiger partial charge is 0.492 e. The van der Waals surface area contributed by atoms with Gasteiger partial charge in [0.05, 0.1) is 12.7 Å². The first-order chi connectivity index (χ1) is 10.6. The van der Waals surface area contributed by atoms with E-state index in [1.54, 1.807) is 12.1 Å². The average Bonchev–Trinajstić information content (AvgIpc) is 3.04. The van der Waals surface area contributed by atoms with E-state index in [0.717, 1.165) is 12.3 Å². The highest BCUT2D eigenvalue weighted by atomic mass is 16.5. The zero-order chi connectivity index (χ0) is 15.9. The van der Waals surface area contributed by atoms with Gasteiger partial charge in [-0.3, -0.25) is 4.90 Å². The van der Waals surface area contributed by atoms with Gasteiger partial charge < -0.3 is 9.47 Å². The van der Waals surface area contributed by atoms with Crippen molar-refractivity contribution in [2.75, 3.05) is 20.3 Å². The highest BCUT2D eigenvalue weighted by Gasteiger charge is 2.24. The molecule has 1 aromatic rings. The van der Waals surface area contributed by atoms with E-state index < -0.39 is 0 Å². The van der Waals surface area contributed by atoms with Gasteiger partial charge in [0.15, 0.2) is 0 Å². The van der Waals surface area contributed by atoms with E-state index in [0.29, 0.717) is 24.3 Å². The normalized spacial score (nSPS) is 15.5. The minimum atomic E-state index is -0.333. The summed E-state index contributed by atoms with van der Waals surface area (Å²) < 4.78 is 10.6. The number of carbonyl (C=O) groups excluding carboxylic acids is 1. The molecule has 0 atom stereocenters. The van der Waals surface area contributed by atoms with Gasteiger partial charge in [0.2, 0.25) is 0 Å². The Morgan fingerprint density at radius 1 is 1.32 bits per heavy atom. The Bertz CT molecular complexity index is 481. The molecule has 0 heterocycles. The van der Waals surface area contributed by atoms with Crippen LogP contribution >= 0.6 is 0 Å². The van der Waals surface area contributed by atoms with Gasteiger partial charge >= 0.3 is 5.97 Å². The number of hydrogen-bond acceptors (Lipinski definition) is 4.